The highest BCUT2D eigenvalue weighted by Gasteiger charge is 2.36. The Balaban J connectivity index is 3.01. The van der Waals surface area contributed by atoms with Crippen molar-refractivity contribution in [2.24, 2.45) is 5.92 Å². The van der Waals surface area contributed by atoms with Crippen LogP contribution in [-0.4, -0.2) is 31.6 Å². The first-order valence-electron chi connectivity index (χ1n) is 7.85. The van der Waals surface area contributed by atoms with Gasteiger partial charge in [0.1, 0.15) is 11.3 Å². The molecule has 24 heavy (non-hydrogen) atoms. The number of methoxy groups -OCH3 is 2. The number of halogens is 1. The molecule has 0 saturated heterocycles. The lowest BCUT2D eigenvalue weighted by Gasteiger charge is -2.29. The molecule has 0 aromatic heterocycles. The van der Waals surface area contributed by atoms with Crippen LogP contribution in [-0.2, 0) is 20.7 Å². The summed E-state index contributed by atoms with van der Waals surface area (Å²) in [5, 5.41) is 3.25. The zero-order valence-electron chi connectivity index (χ0n) is 15.2. The predicted octanol–water partition coefficient (Wildman–Crippen LogP) is 3.29. The minimum Gasteiger partial charge on any atom is -0.496 e. The number of esters is 1. The number of rotatable bonds is 7. The number of amides is 1. The summed E-state index contributed by atoms with van der Waals surface area (Å²) in [5.41, 5.74) is 0.462. The van der Waals surface area contributed by atoms with E-state index >= 15 is 0 Å². The van der Waals surface area contributed by atoms with Crippen LogP contribution in [0.1, 0.15) is 38.3 Å². The van der Waals surface area contributed by atoms with Gasteiger partial charge >= 0.3 is 5.97 Å². The van der Waals surface area contributed by atoms with Gasteiger partial charge in [-0.05, 0) is 43.9 Å². The molecule has 0 aliphatic carbocycles. The van der Waals surface area contributed by atoms with E-state index in [0.29, 0.717) is 22.8 Å². The fraction of sp³-hybridized carbons (Fsp3) is 0.556. The summed E-state index contributed by atoms with van der Waals surface area (Å²) in [4.78, 5) is 24.6. The molecule has 1 amide bonds. The van der Waals surface area contributed by atoms with Gasteiger partial charge < -0.3 is 14.8 Å². The number of nitrogens with one attached hydrogen (secondary N) is 1. The Morgan fingerprint density at radius 1 is 1.29 bits per heavy atom. The Bertz CT molecular complexity index is 615. The van der Waals surface area contributed by atoms with Crippen LogP contribution < -0.4 is 10.1 Å². The van der Waals surface area contributed by atoms with Crippen LogP contribution in [0.3, 0.4) is 0 Å². The monoisotopic (exact) mass is 355 g/mol. The third-order valence-corrected chi connectivity index (χ3v) is 4.06. The van der Waals surface area contributed by atoms with Crippen LogP contribution in [0.4, 0.5) is 0 Å². The van der Waals surface area contributed by atoms with Gasteiger partial charge in [0.05, 0.1) is 20.6 Å². The number of ether oxygens (including phenoxy) is 2. The molecule has 0 fully saturated rings. The van der Waals surface area contributed by atoms with Crippen molar-refractivity contribution in [1.29, 1.82) is 0 Å². The van der Waals surface area contributed by atoms with Gasteiger partial charge in [-0.3, -0.25) is 4.79 Å². The van der Waals surface area contributed by atoms with Crippen molar-refractivity contribution in [3.05, 3.63) is 28.3 Å². The van der Waals surface area contributed by atoms with E-state index in [0.717, 1.165) is 5.56 Å². The summed E-state index contributed by atoms with van der Waals surface area (Å²) in [6.45, 7) is 7.53. The second kappa shape index (κ2) is 8.38. The van der Waals surface area contributed by atoms with Crippen LogP contribution in [0.5, 0.6) is 5.75 Å². The van der Waals surface area contributed by atoms with Crippen molar-refractivity contribution < 1.29 is 19.1 Å². The Hall–Kier alpha value is -1.75. The smallest absolute Gasteiger partial charge is 0.331 e. The SMILES string of the molecule is COC(=O)C(C)(CC(C)C)NC(=O)Cc1c(Cl)cc(C)cc1OC. The Morgan fingerprint density at radius 3 is 2.42 bits per heavy atom. The maximum absolute atomic E-state index is 12.5. The van der Waals surface area contributed by atoms with Gasteiger partial charge in [0.15, 0.2) is 0 Å². The average molecular weight is 356 g/mol. The molecule has 1 atom stereocenters. The number of carbonyl (C=O) groups is 2. The highest BCUT2D eigenvalue weighted by Crippen LogP contribution is 2.29. The topological polar surface area (TPSA) is 64.6 Å². The standard InChI is InChI=1S/C18H26ClNO4/c1-11(2)10-18(4,17(22)24-6)20-16(21)9-13-14(19)7-12(3)8-15(13)23-5/h7-8,11H,9-10H2,1-6H3,(H,20,21). The molecule has 0 bridgehead atoms. The maximum Gasteiger partial charge on any atom is 0.331 e. The van der Waals surface area contributed by atoms with Gasteiger partial charge in [-0.1, -0.05) is 25.4 Å². The van der Waals surface area contributed by atoms with E-state index in [2.05, 4.69) is 5.32 Å². The first kappa shape index (κ1) is 20.3. The van der Waals surface area contributed by atoms with Gasteiger partial charge in [0.25, 0.3) is 0 Å². The molecule has 1 rings (SSSR count). The molecule has 0 saturated carbocycles. The first-order chi connectivity index (χ1) is 11.1. The van der Waals surface area contributed by atoms with E-state index in [1.165, 1.54) is 14.2 Å². The fourth-order valence-corrected chi connectivity index (χ4v) is 3.17. The van der Waals surface area contributed by atoms with Gasteiger partial charge in [-0.2, -0.15) is 0 Å². The lowest BCUT2D eigenvalue weighted by Crippen LogP contribution is -2.54. The van der Waals surface area contributed by atoms with Crippen molar-refractivity contribution >= 4 is 23.5 Å². The summed E-state index contributed by atoms with van der Waals surface area (Å²) < 4.78 is 10.2. The summed E-state index contributed by atoms with van der Waals surface area (Å²) in [5.74, 6) is -0.00944. The summed E-state index contributed by atoms with van der Waals surface area (Å²) in [7, 11) is 2.84. The summed E-state index contributed by atoms with van der Waals surface area (Å²) >= 11 is 6.25. The Labute approximate surface area is 148 Å². The third kappa shape index (κ3) is 5.13. The van der Waals surface area contributed by atoms with Gasteiger partial charge in [-0.25, -0.2) is 4.79 Å². The van der Waals surface area contributed by atoms with E-state index in [9.17, 15) is 9.59 Å². The minimum absolute atomic E-state index is 0.0208. The molecular weight excluding hydrogens is 330 g/mol. The normalized spacial score (nSPS) is 13.3. The molecule has 0 heterocycles. The van der Waals surface area contributed by atoms with E-state index in [1.54, 1.807) is 13.0 Å². The van der Waals surface area contributed by atoms with E-state index in [4.69, 9.17) is 21.1 Å². The molecular formula is C18H26ClNO4. The van der Waals surface area contributed by atoms with Crippen LogP contribution in [0.15, 0.2) is 12.1 Å². The van der Waals surface area contributed by atoms with E-state index < -0.39 is 11.5 Å². The number of aryl methyl sites for hydroxylation is 1. The highest BCUT2D eigenvalue weighted by atomic mass is 35.5. The largest absolute Gasteiger partial charge is 0.496 e. The minimum atomic E-state index is -1.08. The predicted molar refractivity (Wildman–Crippen MR) is 94.5 cm³/mol. The van der Waals surface area contributed by atoms with Gasteiger partial charge in [0.2, 0.25) is 5.91 Å². The first-order valence-corrected chi connectivity index (χ1v) is 8.23. The zero-order valence-corrected chi connectivity index (χ0v) is 15.9. The summed E-state index contributed by atoms with van der Waals surface area (Å²) in [6.07, 6.45) is 0.497. The molecule has 1 aromatic carbocycles. The molecule has 0 aliphatic rings. The average Bonchev–Trinajstić information content (AvgIpc) is 2.47. The number of benzene rings is 1. The quantitative estimate of drug-likeness (QED) is 0.762. The van der Waals surface area contributed by atoms with Crippen molar-refractivity contribution in [2.75, 3.05) is 14.2 Å². The number of hydrogen-bond donors (Lipinski definition) is 1. The lowest BCUT2D eigenvalue weighted by molar-refractivity contribution is -0.150. The lowest BCUT2D eigenvalue weighted by atomic mass is 9.90. The molecule has 0 spiro atoms. The number of carbonyl (C=O) groups excluding carboxylic acids is 2. The fourth-order valence-electron chi connectivity index (χ4n) is 2.83. The van der Waals surface area contributed by atoms with Crippen molar-refractivity contribution in [3.8, 4) is 5.75 Å². The highest BCUT2D eigenvalue weighted by molar-refractivity contribution is 6.31. The molecule has 0 radical (unpaired) electrons. The van der Waals surface area contributed by atoms with E-state index in [1.807, 2.05) is 26.8 Å². The van der Waals surface area contributed by atoms with Crippen LogP contribution in [0, 0.1) is 12.8 Å². The second-order valence-corrected chi connectivity index (χ2v) is 6.98. The van der Waals surface area contributed by atoms with Crippen LogP contribution >= 0.6 is 11.6 Å². The second-order valence-electron chi connectivity index (χ2n) is 6.57. The maximum atomic E-state index is 12.5. The zero-order chi connectivity index (χ0) is 18.5. The molecule has 134 valence electrons. The van der Waals surface area contributed by atoms with Crippen molar-refractivity contribution in [3.63, 3.8) is 0 Å². The van der Waals surface area contributed by atoms with Gasteiger partial charge in [-0.15, -0.1) is 0 Å². The van der Waals surface area contributed by atoms with Crippen molar-refractivity contribution in [1.82, 2.24) is 5.32 Å². The third-order valence-electron chi connectivity index (χ3n) is 3.72. The summed E-state index contributed by atoms with van der Waals surface area (Å²) in [6, 6.07) is 3.60. The van der Waals surface area contributed by atoms with E-state index in [-0.39, 0.29) is 18.2 Å². The van der Waals surface area contributed by atoms with Crippen molar-refractivity contribution in [2.45, 2.75) is 46.1 Å². The molecule has 1 N–H and O–H groups in total. The Kier molecular flexibility index (Phi) is 7.08. The van der Waals surface area contributed by atoms with Crippen LogP contribution in [0.25, 0.3) is 0 Å². The Morgan fingerprint density at radius 2 is 1.92 bits per heavy atom. The molecule has 0 aliphatic heterocycles. The van der Waals surface area contributed by atoms with Crippen LogP contribution in [0.2, 0.25) is 5.02 Å². The number of hydrogen-bond acceptors (Lipinski definition) is 4. The molecule has 1 unspecified atom stereocenters. The molecule has 1 aromatic rings. The molecule has 5 nitrogen and oxygen atoms in total. The van der Waals surface area contributed by atoms with Gasteiger partial charge in [0, 0.05) is 10.6 Å². The molecule has 6 heteroatoms.